The summed E-state index contributed by atoms with van der Waals surface area (Å²) in [6.07, 6.45) is 1.44. The first-order valence-electron chi connectivity index (χ1n) is 6.46. The Morgan fingerprint density at radius 3 is 2.39 bits per heavy atom. The number of benzene rings is 1. The lowest BCUT2D eigenvalue weighted by molar-refractivity contribution is -0.384. The third-order valence-corrected chi connectivity index (χ3v) is 2.87. The summed E-state index contributed by atoms with van der Waals surface area (Å²) in [7, 11) is 0. The zero-order chi connectivity index (χ0) is 16.8. The van der Waals surface area contributed by atoms with Gasteiger partial charge in [0.15, 0.2) is 0 Å². The molecule has 0 aliphatic heterocycles. The second-order valence-corrected chi connectivity index (χ2v) is 4.47. The maximum absolute atomic E-state index is 11.8. The van der Waals surface area contributed by atoms with Gasteiger partial charge in [-0.2, -0.15) is 0 Å². The van der Waals surface area contributed by atoms with Gasteiger partial charge < -0.3 is 4.57 Å². The van der Waals surface area contributed by atoms with Crippen LogP contribution in [0.5, 0.6) is 0 Å². The van der Waals surface area contributed by atoms with Crippen LogP contribution in [0, 0.1) is 10.1 Å². The molecule has 0 spiro atoms. The van der Waals surface area contributed by atoms with Gasteiger partial charge >= 0.3 is 0 Å². The molecule has 1 aromatic carbocycles. The number of nitro groups is 1. The van der Waals surface area contributed by atoms with Gasteiger partial charge in [-0.3, -0.25) is 35.3 Å². The third kappa shape index (κ3) is 4.24. The van der Waals surface area contributed by atoms with E-state index in [2.05, 4.69) is 10.9 Å². The zero-order valence-electron chi connectivity index (χ0n) is 11.8. The van der Waals surface area contributed by atoms with Crippen molar-refractivity contribution < 1.29 is 14.5 Å². The summed E-state index contributed by atoms with van der Waals surface area (Å²) in [5, 5.41) is 10.5. The molecule has 9 heteroatoms. The maximum atomic E-state index is 11.8. The predicted octanol–water partition coefficient (Wildman–Crippen LogP) is 0.218. The average molecular weight is 316 g/mol. The summed E-state index contributed by atoms with van der Waals surface area (Å²) in [4.78, 5) is 44.8. The first-order valence-corrected chi connectivity index (χ1v) is 6.46. The first kappa shape index (κ1) is 15.9. The Kier molecular flexibility index (Phi) is 4.82. The van der Waals surface area contributed by atoms with Crippen LogP contribution in [0.1, 0.15) is 10.4 Å². The molecule has 0 aliphatic carbocycles. The molecular weight excluding hydrogens is 304 g/mol. The number of hydrogen-bond donors (Lipinski definition) is 2. The van der Waals surface area contributed by atoms with Crippen molar-refractivity contribution in [3.8, 4) is 0 Å². The van der Waals surface area contributed by atoms with Crippen LogP contribution in [-0.2, 0) is 11.3 Å². The molecule has 0 saturated carbocycles. The fraction of sp³-hybridized carbons (Fsp3) is 0.0714. The Labute approximate surface area is 129 Å². The molecule has 9 nitrogen and oxygen atoms in total. The van der Waals surface area contributed by atoms with Gasteiger partial charge in [-0.1, -0.05) is 6.07 Å². The summed E-state index contributed by atoms with van der Waals surface area (Å²) in [6, 6.07) is 9.35. The highest BCUT2D eigenvalue weighted by atomic mass is 16.6. The topological polar surface area (TPSA) is 123 Å². The molecule has 0 fully saturated rings. The average Bonchev–Trinajstić information content (AvgIpc) is 2.55. The van der Waals surface area contributed by atoms with Crippen molar-refractivity contribution in [2.75, 3.05) is 0 Å². The molecule has 2 aromatic rings. The van der Waals surface area contributed by atoms with E-state index in [1.54, 1.807) is 12.1 Å². The number of aromatic nitrogens is 1. The van der Waals surface area contributed by atoms with Crippen molar-refractivity contribution >= 4 is 17.5 Å². The highest BCUT2D eigenvalue weighted by molar-refractivity contribution is 5.95. The lowest BCUT2D eigenvalue weighted by Crippen LogP contribution is -2.44. The van der Waals surface area contributed by atoms with Crippen LogP contribution < -0.4 is 16.4 Å². The highest BCUT2D eigenvalue weighted by Crippen LogP contribution is 2.11. The van der Waals surface area contributed by atoms with Crippen LogP contribution >= 0.6 is 0 Å². The van der Waals surface area contributed by atoms with Gasteiger partial charge in [-0.15, -0.1) is 0 Å². The lowest BCUT2D eigenvalue weighted by Gasteiger charge is -2.08. The van der Waals surface area contributed by atoms with E-state index in [0.29, 0.717) is 0 Å². The fourth-order valence-corrected chi connectivity index (χ4v) is 1.72. The molecule has 2 amide bonds. The molecule has 1 aromatic heterocycles. The molecule has 0 radical (unpaired) electrons. The Morgan fingerprint density at radius 2 is 1.78 bits per heavy atom. The van der Waals surface area contributed by atoms with Gasteiger partial charge in [0.1, 0.15) is 6.54 Å². The van der Waals surface area contributed by atoms with E-state index in [-0.39, 0.29) is 23.4 Å². The molecule has 1 heterocycles. The second kappa shape index (κ2) is 6.98. The number of hydrazine groups is 1. The lowest BCUT2D eigenvalue weighted by atomic mass is 10.2. The van der Waals surface area contributed by atoms with Crippen LogP contribution in [0.25, 0.3) is 0 Å². The van der Waals surface area contributed by atoms with Gasteiger partial charge in [0.05, 0.1) is 4.92 Å². The van der Waals surface area contributed by atoms with Crippen molar-refractivity contribution in [2.45, 2.75) is 6.54 Å². The monoisotopic (exact) mass is 316 g/mol. The van der Waals surface area contributed by atoms with Gasteiger partial charge in [0, 0.05) is 30.0 Å². The molecule has 0 aliphatic rings. The van der Waals surface area contributed by atoms with Crippen molar-refractivity contribution in [3.63, 3.8) is 0 Å². The van der Waals surface area contributed by atoms with E-state index in [0.717, 1.165) is 0 Å². The highest BCUT2D eigenvalue weighted by Gasteiger charge is 2.10. The molecule has 0 saturated heterocycles. The second-order valence-electron chi connectivity index (χ2n) is 4.47. The molecule has 0 unspecified atom stereocenters. The number of carbonyl (C=O) groups excluding carboxylic acids is 2. The minimum Gasteiger partial charge on any atom is -0.306 e. The van der Waals surface area contributed by atoms with E-state index in [9.17, 15) is 24.5 Å². The Morgan fingerprint density at radius 1 is 1.09 bits per heavy atom. The van der Waals surface area contributed by atoms with Crippen molar-refractivity contribution in [2.24, 2.45) is 0 Å². The number of rotatable bonds is 4. The van der Waals surface area contributed by atoms with Crippen molar-refractivity contribution in [1.82, 2.24) is 15.4 Å². The zero-order valence-corrected chi connectivity index (χ0v) is 11.8. The Bertz CT molecular complexity index is 797. The summed E-state index contributed by atoms with van der Waals surface area (Å²) in [5.41, 5.74) is 3.98. The first-order chi connectivity index (χ1) is 11.0. The maximum Gasteiger partial charge on any atom is 0.269 e. The number of nitro benzene ring substituents is 1. The minimum absolute atomic E-state index is 0.144. The quantitative estimate of drug-likeness (QED) is 0.617. The van der Waals surface area contributed by atoms with Crippen LogP contribution in [0.3, 0.4) is 0 Å². The molecule has 2 rings (SSSR count). The third-order valence-electron chi connectivity index (χ3n) is 2.87. The number of nitrogens with one attached hydrogen (secondary N) is 2. The SMILES string of the molecule is O=C(Cn1ccccc1=O)NNC(=O)c1ccc([N+](=O)[O-])cc1. The van der Waals surface area contributed by atoms with Crippen LogP contribution in [-0.4, -0.2) is 21.3 Å². The van der Waals surface area contributed by atoms with E-state index < -0.39 is 16.7 Å². The smallest absolute Gasteiger partial charge is 0.269 e. The van der Waals surface area contributed by atoms with Crippen LogP contribution in [0.15, 0.2) is 53.5 Å². The number of hydrogen-bond acceptors (Lipinski definition) is 5. The molecule has 0 atom stereocenters. The molecule has 23 heavy (non-hydrogen) atoms. The Hall–Kier alpha value is -3.49. The number of nitrogens with zero attached hydrogens (tertiary/aromatic N) is 2. The number of pyridine rings is 1. The molecule has 0 bridgehead atoms. The minimum atomic E-state index is -0.631. The number of carbonyl (C=O) groups is 2. The van der Waals surface area contributed by atoms with E-state index in [1.165, 1.54) is 41.1 Å². The summed E-state index contributed by atoms with van der Waals surface area (Å²) >= 11 is 0. The number of non-ortho nitro benzene ring substituents is 1. The fourth-order valence-electron chi connectivity index (χ4n) is 1.72. The van der Waals surface area contributed by atoms with Crippen LogP contribution in [0.4, 0.5) is 5.69 Å². The number of amides is 2. The summed E-state index contributed by atoms with van der Waals surface area (Å²) in [6.45, 7) is -0.250. The Balaban J connectivity index is 1.91. The predicted molar refractivity (Wildman–Crippen MR) is 79.4 cm³/mol. The van der Waals surface area contributed by atoms with Crippen molar-refractivity contribution in [1.29, 1.82) is 0 Å². The summed E-state index contributed by atoms with van der Waals surface area (Å²) < 4.78 is 1.17. The molecular formula is C14H12N4O5. The molecule has 118 valence electrons. The van der Waals surface area contributed by atoms with Crippen LogP contribution in [0.2, 0.25) is 0 Å². The van der Waals surface area contributed by atoms with Gasteiger partial charge in [-0.25, -0.2) is 0 Å². The molecule has 2 N–H and O–H groups in total. The van der Waals surface area contributed by atoms with Gasteiger partial charge in [-0.05, 0) is 18.2 Å². The summed E-state index contributed by atoms with van der Waals surface area (Å²) in [5.74, 6) is -1.22. The largest absolute Gasteiger partial charge is 0.306 e. The van der Waals surface area contributed by atoms with Gasteiger partial charge in [0.25, 0.3) is 23.1 Å². The van der Waals surface area contributed by atoms with Gasteiger partial charge in [0.2, 0.25) is 0 Å². The normalized spacial score (nSPS) is 9.91. The van der Waals surface area contributed by atoms with E-state index in [4.69, 9.17) is 0 Å². The standard InChI is InChI=1S/C14H12N4O5/c19-12(9-17-8-2-1-3-13(17)20)15-16-14(21)10-4-6-11(7-5-10)18(22)23/h1-8H,9H2,(H,15,19)(H,16,21). The van der Waals surface area contributed by atoms with E-state index in [1.807, 2.05) is 0 Å². The van der Waals surface area contributed by atoms with Crippen molar-refractivity contribution in [3.05, 3.63) is 74.7 Å². The van der Waals surface area contributed by atoms with E-state index >= 15 is 0 Å².